The lowest BCUT2D eigenvalue weighted by Gasteiger charge is -2.12. The molecule has 2 N–H and O–H groups in total. The minimum absolute atomic E-state index is 0.113. The van der Waals surface area contributed by atoms with Crippen LogP contribution < -0.4 is 10.9 Å². The largest absolute Gasteiger partial charge is 0.390 e. The van der Waals surface area contributed by atoms with E-state index >= 15 is 0 Å². The number of hydrogen-bond acceptors (Lipinski definition) is 4. The van der Waals surface area contributed by atoms with E-state index in [4.69, 9.17) is 0 Å². The van der Waals surface area contributed by atoms with Gasteiger partial charge < -0.3 is 10.4 Å². The van der Waals surface area contributed by atoms with Gasteiger partial charge in [-0.15, -0.1) is 0 Å². The van der Waals surface area contributed by atoms with E-state index < -0.39 is 6.10 Å². The van der Waals surface area contributed by atoms with Crippen LogP contribution in [0.2, 0.25) is 0 Å². The minimum Gasteiger partial charge on any atom is -0.390 e. The number of hydrogen-bond donors (Lipinski definition) is 2. The molecule has 0 aromatic carbocycles. The Morgan fingerprint density at radius 1 is 1.69 bits per heavy atom. The lowest BCUT2D eigenvalue weighted by atomic mass is 10.3. The normalized spacial score (nSPS) is 17.4. The zero-order valence-corrected chi connectivity index (χ0v) is 9.39. The molecule has 0 radical (unpaired) electrons. The second-order valence-corrected chi connectivity index (χ2v) is 4.36. The van der Waals surface area contributed by atoms with E-state index in [2.05, 4.69) is 10.3 Å². The van der Waals surface area contributed by atoms with Crippen molar-refractivity contribution in [1.29, 1.82) is 0 Å². The fraction of sp³-hybridized carbons (Fsp3) is 0.636. The van der Waals surface area contributed by atoms with Crippen molar-refractivity contribution in [3.8, 4) is 0 Å². The summed E-state index contributed by atoms with van der Waals surface area (Å²) < 4.78 is 1.44. The predicted octanol–water partition coefficient (Wildman–Crippen LogP) is -0.335. The second-order valence-electron chi connectivity index (χ2n) is 4.36. The van der Waals surface area contributed by atoms with Crippen LogP contribution in [-0.4, -0.2) is 33.3 Å². The van der Waals surface area contributed by atoms with Crippen LogP contribution in [0.3, 0.4) is 0 Å². The molecule has 5 nitrogen and oxygen atoms in total. The van der Waals surface area contributed by atoms with Gasteiger partial charge in [0, 0.05) is 24.3 Å². The number of aliphatic hydroxyl groups is 1. The average Bonchev–Trinajstić information content (AvgIpc) is 3.03. The van der Waals surface area contributed by atoms with Crippen LogP contribution in [0.15, 0.2) is 17.2 Å². The summed E-state index contributed by atoms with van der Waals surface area (Å²) in [5.74, 6) is 0. The summed E-state index contributed by atoms with van der Waals surface area (Å²) in [7, 11) is 0. The molecule has 5 heteroatoms. The molecule has 1 aliphatic carbocycles. The maximum absolute atomic E-state index is 11.5. The number of nitrogens with zero attached hydrogens (tertiary/aromatic N) is 2. The van der Waals surface area contributed by atoms with Gasteiger partial charge in [-0.1, -0.05) is 0 Å². The molecular formula is C11H17N3O2. The van der Waals surface area contributed by atoms with Crippen molar-refractivity contribution >= 4 is 0 Å². The molecule has 0 aliphatic heterocycles. The number of rotatable bonds is 5. The van der Waals surface area contributed by atoms with Gasteiger partial charge in [0.2, 0.25) is 0 Å². The fourth-order valence-corrected chi connectivity index (χ4v) is 1.54. The van der Waals surface area contributed by atoms with Crippen LogP contribution in [-0.2, 0) is 6.54 Å². The van der Waals surface area contributed by atoms with Gasteiger partial charge in [0.1, 0.15) is 0 Å². The van der Waals surface area contributed by atoms with Crippen molar-refractivity contribution in [2.24, 2.45) is 0 Å². The van der Waals surface area contributed by atoms with Gasteiger partial charge >= 0.3 is 0 Å². The van der Waals surface area contributed by atoms with Gasteiger partial charge in [-0.05, 0) is 19.8 Å². The van der Waals surface area contributed by atoms with Gasteiger partial charge in [-0.25, -0.2) is 4.98 Å². The van der Waals surface area contributed by atoms with E-state index in [0.29, 0.717) is 24.8 Å². The van der Waals surface area contributed by atoms with Crippen LogP contribution in [0, 0.1) is 6.92 Å². The third-order valence-electron chi connectivity index (χ3n) is 2.64. The Morgan fingerprint density at radius 3 is 3.06 bits per heavy atom. The van der Waals surface area contributed by atoms with Gasteiger partial charge in [-0.2, -0.15) is 0 Å². The smallest absolute Gasteiger partial charge is 0.253 e. The molecule has 1 unspecified atom stereocenters. The molecular weight excluding hydrogens is 206 g/mol. The molecule has 0 saturated heterocycles. The molecule has 1 heterocycles. The van der Waals surface area contributed by atoms with E-state index in [0.717, 1.165) is 0 Å². The summed E-state index contributed by atoms with van der Waals surface area (Å²) in [5.41, 5.74) is 0.588. The number of aromatic nitrogens is 2. The molecule has 0 bridgehead atoms. The Hall–Kier alpha value is -1.20. The zero-order valence-electron chi connectivity index (χ0n) is 9.39. The summed E-state index contributed by atoms with van der Waals surface area (Å²) in [4.78, 5) is 15.5. The highest BCUT2D eigenvalue weighted by atomic mass is 16.3. The molecule has 0 spiro atoms. The summed E-state index contributed by atoms with van der Waals surface area (Å²) in [6, 6.07) is 2.05. The van der Waals surface area contributed by atoms with Crippen molar-refractivity contribution in [2.75, 3.05) is 6.54 Å². The average molecular weight is 223 g/mol. The van der Waals surface area contributed by atoms with Gasteiger partial charge in [-0.3, -0.25) is 9.36 Å². The molecule has 1 aromatic heterocycles. The first-order valence-electron chi connectivity index (χ1n) is 5.59. The molecule has 1 fully saturated rings. The quantitative estimate of drug-likeness (QED) is 0.717. The highest BCUT2D eigenvalue weighted by Gasteiger charge is 2.21. The van der Waals surface area contributed by atoms with E-state index in [-0.39, 0.29) is 5.56 Å². The third kappa shape index (κ3) is 3.15. The first-order chi connectivity index (χ1) is 7.65. The standard InChI is InChI=1S/C11H17N3O2/c1-8-4-11(16)14(7-13-8)6-10(15)5-12-9-2-3-9/h4,7,9-10,12,15H,2-3,5-6H2,1H3. The van der Waals surface area contributed by atoms with Gasteiger partial charge in [0.05, 0.1) is 19.0 Å². The maximum atomic E-state index is 11.5. The number of aryl methyl sites for hydroxylation is 1. The van der Waals surface area contributed by atoms with Crippen LogP contribution >= 0.6 is 0 Å². The van der Waals surface area contributed by atoms with Crippen LogP contribution in [0.25, 0.3) is 0 Å². The Morgan fingerprint density at radius 2 is 2.44 bits per heavy atom. The van der Waals surface area contributed by atoms with E-state index in [9.17, 15) is 9.90 Å². The SMILES string of the molecule is Cc1cc(=O)n(CC(O)CNC2CC2)cn1. The summed E-state index contributed by atoms with van der Waals surface area (Å²) in [6.07, 6.45) is 3.33. The molecule has 1 atom stereocenters. The molecule has 1 aliphatic rings. The van der Waals surface area contributed by atoms with E-state index in [1.165, 1.54) is 29.8 Å². The fourth-order valence-electron chi connectivity index (χ4n) is 1.54. The summed E-state index contributed by atoms with van der Waals surface area (Å²) in [5, 5.41) is 12.9. The number of aliphatic hydroxyl groups excluding tert-OH is 1. The Bertz CT molecular complexity index is 412. The third-order valence-corrected chi connectivity index (χ3v) is 2.64. The van der Waals surface area contributed by atoms with E-state index in [1.807, 2.05) is 0 Å². The molecule has 1 aromatic rings. The summed E-state index contributed by atoms with van der Waals surface area (Å²) >= 11 is 0. The molecule has 1 saturated carbocycles. The lowest BCUT2D eigenvalue weighted by molar-refractivity contribution is 0.149. The molecule has 88 valence electrons. The Balaban J connectivity index is 1.88. The topological polar surface area (TPSA) is 67.2 Å². The molecule has 2 rings (SSSR count). The summed E-state index contributed by atoms with van der Waals surface area (Å²) in [6.45, 7) is 2.60. The highest BCUT2D eigenvalue weighted by molar-refractivity contribution is 4.96. The number of nitrogens with one attached hydrogen (secondary N) is 1. The zero-order chi connectivity index (χ0) is 11.5. The van der Waals surface area contributed by atoms with Crippen molar-refractivity contribution in [2.45, 2.75) is 38.5 Å². The lowest BCUT2D eigenvalue weighted by Crippen LogP contribution is -2.34. The van der Waals surface area contributed by atoms with Crippen molar-refractivity contribution in [3.63, 3.8) is 0 Å². The van der Waals surface area contributed by atoms with Crippen LogP contribution in [0.4, 0.5) is 0 Å². The first kappa shape index (κ1) is 11.3. The molecule has 16 heavy (non-hydrogen) atoms. The minimum atomic E-state index is -0.539. The first-order valence-corrected chi connectivity index (χ1v) is 5.59. The van der Waals surface area contributed by atoms with Gasteiger partial charge in [0.15, 0.2) is 0 Å². The van der Waals surface area contributed by atoms with Crippen LogP contribution in [0.1, 0.15) is 18.5 Å². The van der Waals surface area contributed by atoms with Crippen LogP contribution in [0.5, 0.6) is 0 Å². The second kappa shape index (κ2) is 4.76. The highest BCUT2D eigenvalue weighted by Crippen LogP contribution is 2.18. The maximum Gasteiger partial charge on any atom is 0.253 e. The van der Waals surface area contributed by atoms with Crippen molar-refractivity contribution < 1.29 is 5.11 Å². The Kier molecular flexibility index (Phi) is 3.36. The van der Waals surface area contributed by atoms with Crippen molar-refractivity contribution in [3.05, 3.63) is 28.4 Å². The Labute approximate surface area is 94.1 Å². The van der Waals surface area contributed by atoms with Gasteiger partial charge in [0.25, 0.3) is 5.56 Å². The monoisotopic (exact) mass is 223 g/mol. The molecule has 0 amide bonds. The van der Waals surface area contributed by atoms with Crippen molar-refractivity contribution in [1.82, 2.24) is 14.9 Å². The predicted molar refractivity (Wildman–Crippen MR) is 60.3 cm³/mol. The van der Waals surface area contributed by atoms with E-state index in [1.54, 1.807) is 6.92 Å².